The largest absolute Gasteiger partial charge is 0.491 e. The zero-order valence-corrected chi connectivity index (χ0v) is 21.5. The van der Waals surface area contributed by atoms with E-state index >= 15 is 0 Å². The quantitative estimate of drug-likeness (QED) is 0.384. The van der Waals surface area contributed by atoms with Gasteiger partial charge in [-0.1, -0.05) is 41.4 Å². The van der Waals surface area contributed by atoms with E-state index in [2.05, 4.69) is 5.32 Å². The van der Waals surface area contributed by atoms with E-state index in [9.17, 15) is 13.2 Å². The van der Waals surface area contributed by atoms with E-state index in [1.165, 1.54) is 4.31 Å². The first-order valence-electron chi connectivity index (χ1n) is 10.6. The molecule has 0 fully saturated rings. The number of sulfonamides is 1. The number of nitrogens with one attached hydrogen (secondary N) is 1. The van der Waals surface area contributed by atoms with Gasteiger partial charge in [-0.05, 0) is 67.4 Å². The zero-order valence-electron chi connectivity index (χ0n) is 19.1. The average Bonchev–Trinajstić information content (AvgIpc) is 2.78. The summed E-state index contributed by atoms with van der Waals surface area (Å²) < 4.78 is 31.9. The number of amides is 1. The molecule has 0 atom stereocenters. The Balaban J connectivity index is 1.65. The van der Waals surface area contributed by atoms with Crippen molar-refractivity contribution in [2.24, 2.45) is 0 Å². The van der Waals surface area contributed by atoms with Crippen molar-refractivity contribution in [3.8, 4) is 5.75 Å². The lowest BCUT2D eigenvalue weighted by molar-refractivity contribution is 0.0947. The van der Waals surface area contributed by atoms with Gasteiger partial charge in [-0.25, -0.2) is 8.42 Å². The monoisotopic (exact) mass is 520 g/mol. The minimum absolute atomic E-state index is 0.0292. The first kappa shape index (κ1) is 25.9. The lowest BCUT2D eigenvalue weighted by Gasteiger charge is -2.23. The maximum Gasteiger partial charge on any atom is 0.251 e. The third-order valence-corrected chi connectivity index (χ3v) is 7.23. The van der Waals surface area contributed by atoms with E-state index in [0.29, 0.717) is 40.0 Å². The molecule has 3 aromatic rings. The second kappa shape index (κ2) is 11.1. The lowest BCUT2D eigenvalue weighted by Crippen LogP contribution is -2.30. The van der Waals surface area contributed by atoms with Crippen molar-refractivity contribution in [3.05, 3.63) is 93.0 Å². The smallest absolute Gasteiger partial charge is 0.251 e. The van der Waals surface area contributed by atoms with Gasteiger partial charge < -0.3 is 10.1 Å². The van der Waals surface area contributed by atoms with E-state index in [1.807, 2.05) is 32.0 Å². The molecule has 34 heavy (non-hydrogen) atoms. The molecule has 180 valence electrons. The number of anilines is 1. The molecule has 0 spiro atoms. The average molecular weight is 521 g/mol. The number of nitrogens with zero attached hydrogens (tertiary/aromatic N) is 1. The predicted molar refractivity (Wildman–Crippen MR) is 138 cm³/mol. The molecule has 3 aromatic carbocycles. The topological polar surface area (TPSA) is 75.7 Å². The molecule has 0 saturated carbocycles. The molecule has 0 aliphatic carbocycles. The number of carbonyl (C=O) groups is 1. The summed E-state index contributed by atoms with van der Waals surface area (Å²) in [6.45, 7) is 4.63. The van der Waals surface area contributed by atoms with Crippen LogP contribution in [-0.2, 0) is 16.6 Å². The summed E-state index contributed by atoms with van der Waals surface area (Å²) in [4.78, 5) is 12.5. The predicted octanol–water partition coefficient (Wildman–Crippen LogP) is 5.39. The van der Waals surface area contributed by atoms with Crippen molar-refractivity contribution in [3.63, 3.8) is 0 Å². The lowest BCUT2D eigenvalue weighted by atomic mass is 10.1. The summed E-state index contributed by atoms with van der Waals surface area (Å²) in [5, 5.41) is 3.56. The number of hydrogen-bond acceptors (Lipinski definition) is 4. The first-order valence-corrected chi connectivity index (χ1v) is 13.2. The summed E-state index contributed by atoms with van der Waals surface area (Å²) in [7, 11) is -3.63. The highest BCUT2D eigenvalue weighted by molar-refractivity contribution is 7.92. The number of rotatable bonds is 9. The molecule has 6 nitrogen and oxygen atoms in total. The van der Waals surface area contributed by atoms with Gasteiger partial charge in [0.2, 0.25) is 10.0 Å². The van der Waals surface area contributed by atoms with Crippen LogP contribution >= 0.6 is 23.2 Å². The fraction of sp³-hybridized carbons (Fsp3) is 0.240. The minimum Gasteiger partial charge on any atom is -0.491 e. The van der Waals surface area contributed by atoms with Gasteiger partial charge in [0.15, 0.2) is 0 Å². The van der Waals surface area contributed by atoms with Gasteiger partial charge in [-0.15, -0.1) is 0 Å². The molecule has 1 amide bonds. The Kier molecular flexibility index (Phi) is 8.47. The number of carbonyl (C=O) groups excluding carboxylic acids is 1. The van der Waals surface area contributed by atoms with Crippen molar-refractivity contribution in [2.75, 3.05) is 23.7 Å². The van der Waals surface area contributed by atoms with Crippen molar-refractivity contribution in [1.29, 1.82) is 0 Å². The van der Waals surface area contributed by atoms with Gasteiger partial charge in [-0.3, -0.25) is 9.10 Å². The fourth-order valence-electron chi connectivity index (χ4n) is 3.31. The zero-order chi connectivity index (χ0) is 24.9. The van der Waals surface area contributed by atoms with Crippen LogP contribution in [0.4, 0.5) is 5.69 Å². The Labute approximate surface area is 210 Å². The second-order valence-corrected chi connectivity index (χ2v) is 10.5. The third-order valence-electron chi connectivity index (χ3n) is 5.38. The van der Waals surface area contributed by atoms with Crippen molar-refractivity contribution in [2.45, 2.75) is 20.4 Å². The number of aryl methyl sites for hydroxylation is 1. The van der Waals surface area contributed by atoms with Crippen molar-refractivity contribution in [1.82, 2.24) is 5.32 Å². The highest BCUT2D eigenvalue weighted by Gasteiger charge is 2.21. The SMILES string of the molecule is Cc1cccc(OCCNC(=O)c2ccc(N(Cc3c(Cl)cccc3Cl)S(C)(=O)=O)cc2)c1C. The maximum atomic E-state index is 12.5. The second-order valence-electron chi connectivity index (χ2n) is 7.82. The van der Waals surface area contributed by atoms with Gasteiger partial charge in [0, 0.05) is 21.2 Å². The van der Waals surface area contributed by atoms with E-state index in [4.69, 9.17) is 27.9 Å². The van der Waals surface area contributed by atoms with Crippen LogP contribution in [0.15, 0.2) is 60.7 Å². The Hall–Kier alpha value is -2.74. The molecule has 0 heterocycles. The van der Waals surface area contributed by atoms with Crippen LogP contribution < -0.4 is 14.4 Å². The Morgan fingerprint density at radius 2 is 1.59 bits per heavy atom. The Morgan fingerprint density at radius 3 is 2.21 bits per heavy atom. The van der Waals surface area contributed by atoms with Gasteiger partial charge in [0.05, 0.1) is 25.0 Å². The van der Waals surface area contributed by atoms with Crippen LogP contribution in [0.1, 0.15) is 27.0 Å². The Bertz CT molecular complexity index is 1260. The molecule has 0 aliphatic heterocycles. The number of hydrogen-bond donors (Lipinski definition) is 1. The number of benzene rings is 3. The highest BCUT2D eigenvalue weighted by Crippen LogP contribution is 2.29. The summed E-state index contributed by atoms with van der Waals surface area (Å²) in [6.07, 6.45) is 1.11. The van der Waals surface area contributed by atoms with Crippen LogP contribution in [0.25, 0.3) is 0 Å². The van der Waals surface area contributed by atoms with Crippen molar-refractivity contribution >= 4 is 44.8 Å². The van der Waals surface area contributed by atoms with Crippen LogP contribution in [0, 0.1) is 13.8 Å². The maximum absolute atomic E-state index is 12.5. The van der Waals surface area contributed by atoms with Crippen LogP contribution in [0.2, 0.25) is 10.0 Å². The molecule has 0 saturated heterocycles. The van der Waals surface area contributed by atoms with E-state index in [1.54, 1.807) is 42.5 Å². The molecular weight excluding hydrogens is 495 g/mol. The summed E-state index contributed by atoms with van der Waals surface area (Å²) in [5.74, 6) is 0.509. The first-order chi connectivity index (χ1) is 16.1. The fourth-order valence-corrected chi connectivity index (χ4v) is 4.70. The summed E-state index contributed by atoms with van der Waals surface area (Å²) in [5.41, 5.74) is 3.51. The number of halogens is 2. The number of ether oxygens (including phenoxy) is 1. The summed E-state index contributed by atoms with van der Waals surface area (Å²) >= 11 is 12.4. The third kappa shape index (κ3) is 6.44. The molecule has 9 heteroatoms. The van der Waals surface area contributed by atoms with Gasteiger partial charge in [-0.2, -0.15) is 0 Å². The summed E-state index contributed by atoms with van der Waals surface area (Å²) in [6, 6.07) is 17.1. The molecule has 0 radical (unpaired) electrons. The van der Waals surface area contributed by atoms with E-state index in [0.717, 1.165) is 23.1 Å². The molecular formula is C25H26Cl2N2O4S. The normalized spacial score (nSPS) is 11.2. The molecule has 0 unspecified atom stereocenters. The standard InChI is InChI=1S/C25H26Cl2N2O4S/c1-17-6-4-9-24(18(17)2)33-15-14-28-25(30)19-10-12-20(13-11-19)29(34(3,31)32)16-21-22(26)7-5-8-23(21)27/h4-13H,14-16H2,1-3H3,(H,28,30). The molecule has 1 N–H and O–H groups in total. The molecule has 0 aromatic heterocycles. The molecule has 0 bridgehead atoms. The van der Waals surface area contributed by atoms with Gasteiger partial charge >= 0.3 is 0 Å². The molecule has 0 aliphatic rings. The Morgan fingerprint density at radius 1 is 0.971 bits per heavy atom. The van der Waals surface area contributed by atoms with E-state index in [-0.39, 0.29) is 12.5 Å². The van der Waals surface area contributed by atoms with E-state index < -0.39 is 10.0 Å². The van der Waals surface area contributed by atoms with Crippen LogP contribution in [0.5, 0.6) is 5.75 Å². The van der Waals surface area contributed by atoms with Crippen molar-refractivity contribution < 1.29 is 17.9 Å². The van der Waals surface area contributed by atoms with Crippen LogP contribution in [0.3, 0.4) is 0 Å². The minimum atomic E-state index is -3.63. The molecule has 3 rings (SSSR count). The van der Waals surface area contributed by atoms with Gasteiger partial charge in [0.1, 0.15) is 12.4 Å². The van der Waals surface area contributed by atoms with Crippen LogP contribution in [-0.4, -0.2) is 33.7 Å². The highest BCUT2D eigenvalue weighted by atomic mass is 35.5. The van der Waals surface area contributed by atoms with Gasteiger partial charge in [0.25, 0.3) is 5.91 Å².